The fourth-order valence-corrected chi connectivity index (χ4v) is 4.86. The van der Waals surface area contributed by atoms with Crippen LogP contribution in [0.15, 0.2) is 69.6 Å². The first-order valence-electron chi connectivity index (χ1n) is 8.13. The Labute approximate surface area is 154 Å². The summed E-state index contributed by atoms with van der Waals surface area (Å²) in [6.45, 7) is 2.14. The molecule has 6 heteroatoms. The van der Waals surface area contributed by atoms with Crippen molar-refractivity contribution in [2.24, 2.45) is 0 Å². The molecule has 0 radical (unpaired) electrons. The van der Waals surface area contributed by atoms with E-state index in [0.717, 1.165) is 33.5 Å². The van der Waals surface area contributed by atoms with E-state index in [-0.39, 0.29) is 5.56 Å². The largest absolute Gasteiger partial charge is 0.272 e. The first-order valence-corrected chi connectivity index (χ1v) is 9.99. The van der Waals surface area contributed by atoms with Gasteiger partial charge in [-0.05, 0) is 24.3 Å². The van der Waals surface area contributed by atoms with Crippen molar-refractivity contribution >= 4 is 23.5 Å². The van der Waals surface area contributed by atoms with Crippen molar-refractivity contribution in [1.82, 2.24) is 14.5 Å². The number of rotatable bonds is 4. The van der Waals surface area contributed by atoms with Gasteiger partial charge in [-0.1, -0.05) is 43.0 Å². The molecular weight excluding hydrogens is 350 g/mol. The summed E-state index contributed by atoms with van der Waals surface area (Å²) < 4.78 is 1.73. The fraction of sp³-hybridized carbons (Fsp3) is 0.211. The van der Waals surface area contributed by atoms with Gasteiger partial charge in [0.25, 0.3) is 5.56 Å². The number of hydrogen-bond donors (Lipinski definition) is 0. The van der Waals surface area contributed by atoms with Gasteiger partial charge in [-0.25, -0.2) is 4.98 Å². The minimum Gasteiger partial charge on any atom is -0.268 e. The number of hydrogen-bond acceptors (Lipinski definition) is 5. The first kappa shape index (κ1) is 16.4. The molecule has 1 aliphatic heterocycles. The average molecular weight is 367 g/mol. The van der Waals surface area contributed by atoms with E-state index in [9.17, 15) is 4.79 Å². The molecule has 1 aliphatic rings. The number of thioether (sulfide) groups is 2. The van der Waals surface area contributed by atoms with E-state index in [1.54, 1.807) is 34.3 Å². The third-order valence-electron chi connectivity index (χ3n) is 3.97. The van der Waals surface area contributed by atoms with Crippen LogP contribution in [0.1, 0.15) is 18.3 Å². The number of benzene rings is 1. The Kier molecular flexibility index (Phi) is 4.63. The van der Waals surface area contributed by atoms with Gasteiger partial charge in [0, 0.05) is 23.6 Å². The van der Waals surface area contributed by atoms with Gasteiger partial charge in [0.1, 0.15) is 0 Å². The van der Waals surface area contributed by atoms with Gasteiger partial charge in [-0.15, -0.1) is 11.8 Å². The molecule has 1 aromatic carbocycles. The quantitative estimate of drug-likeness (QED) is 0.516. The van der Waals surface area contributed by atoms with Crippen LogP contribution in [-0.4, -0.2) is 19.8 Å². The second kappa shape index (κ2) is 7.06. The molecule has 3 aromatic rings. The second-order valence-electron chi connectivity index (χ2n) is 5.89. The summed E-state index contributed by atoms with van der Waals surface area (Å²) in [5.74, 6) is 0.682. The molecule has 0 fully saturated rings. The van der Waals surface area contributed by atoms with Crippen LogP contribution in [0.4, 0.5) is 0 Å². The van der Waals surface area contributed by atoms with Crippen molar-refractivity contribution < 1.29 is 0 Å². The van der Waals surface area contributed by atoms with Crippen molar-refractivity contribution in [3.8, 4) is 5.69 Å². The lowest BCUT2D eigenvalue weighted by Crippen LogP contribution is -2.23. The third kappa shape index (κ3) is 3.37. The van der Waals surface area contributed by atoms with Crippen LogP contribution in [0.2, 0.25) is 0 Å². The summed E-state index contributed by atoms with van der Waals surface area (Å²) >= 11 is 3.19. The molecule has 0 saturated heterocycles. The van der Waals surface area contributed by atoms with Crippen LogP contribution in [0.3, 0.4) is 0 Å². The predicted octanol–water partition coefficient (Wildman–Crippen LogP) is 3.96. The van der Waals surface area contributed by atoms with E-state index in [1.807, 2.05) is 48.5 Å². The van der Waals surface area contributed by atoms with Gasteiger partial charge >= 0.3 is 0 Å². The Morgan fingerprint density at radius 3 is 2.76 bits per heavy atom. The molecule has 4 nitrogen and oxygen atoms in total. The van der Waals surface area contributed by atoms with Gasteiger partial charge in [-0.2, -0.15) is 0 Å². The number of fused-ring (bicyclic) bond motifs is 1. The van der Waals surface area contributed by atoms with Crippen molar-refractivity contribution in [1.29, 1.82) is 0 Å². The van der Waals surface area contributed by atoms with E-state index in [4.69, 9.17) is 4.98 Å². The highest BCUT2D eigenvalue weighted by atomic mass is 32.2. The summed E-state index contributed by atoms with van der Waals surface area (Å²) in [6, 6.07) is 15.6. The Balaban J connectivity index is 1.78. The second-order valence-corrected chi connectivity index (χ2v) is 8.28. The summed E-state index contributed by atoms with van der Waals surface area (Å²) in [4.78, 5) is 23.1. The van der Waals surface area contributed by atoms with Crippen molar-refractivity contribution in [3.63, 3.8) is 0 Å². The van der Waals surface area contributed by atoms with Crippen LogP contribution in [0.25, 0.3) is 5.69 Å². The van der Waals surface area contributed by atoms with Gasteiger partial charge < -0.3 is 0 Å². The van der Waals surface area contributed by atoms with Crippen molar-refractivity contribution in [3.05, 3.63) is 76.5 Å². The first-order chi connectivity index (χ1) is 12.2. The van der Waals surface area contributed by atoms with Gasteiger partial charge in [-0.3, -0.25) is 14.3 Å². The molecule has 1 unspecified atom stereocenters. The number of pyridine rings is 1. The maximum Gasteiger partial charge on any atom is 0.272 e. The van der Waals surface area contributed by atoms with Crippen molar-refractivity contribution in [2.45, 2.75) is 34.4 Å². The molecule has 3 heterocycles. The molecule has 0 amide bonds. The predicted molar refractivity (Wildman–Crippen MR) is 103 cm³/mol. The van der Waals surface area contributed by atoms with E-state index in [1.165, 1.54) is 0 Å². The smallest absolute Gasteiger partial charge is 0.268 e. The SMILES string of the molecule is CC1Cc2nc(SCc3ccccn3)n(-c3ccccc3)c(=O)c2S1. The van der Waals surface area contributed by atoms with E-state index >= 15 is 0 Å². The maximum absolute atomic E-state index is 13.1. The summed E-state index contributed by atoms with van der Waals surface area (Å²) in [6.07, 6.45) is 2.64. The minimum atomic E-state index is 0.0362. The summed E-state index contributed by atoms with van der Waals surface area (Å²) in [7, 11) is 0. The molecule has 126 valence electrons. The number of para-hydroxylation sites is 1. The molecule has 0 saturated carbocycles. The monoisotopic (exact) mass is 367 g/mol. The van der Waals surface area contributed by atoms with Crippen LogP contribution in [0.5, 0.6) is 0 Å². The standard InChI is InChI=1S/C19H17N3OS2/c1-13-11-16-17(25-13)18(23)22(15-8-3-2-4-9-15)19(21-16)24-12-14-7-5-6-10-20-14/h2-10,13H,11-12H2,1H3. The lowest BCUT2D eigenvalue weighted by Gasteiger charge is -2.13. The zero-order valence-electron chi connectivity index (χ0n) is 13.8. The maximum atomic E-state index is 13.1. The molecular formula is C19H17N3OS2. The van der Waals surface area contributed by atoms with Gasteiger partial charge in [0.05, 0.1) is 22.0 Å². The Morgan fingerprint density at radius 1 is 1.20 bits per heavy atom. The molecule has 4 rings (SSSR count). The topological polar surface area (TPSA) is 47.8 Å². The Morgan fingerprint density at radius 2 is 2.00 bits per heavy atom. The minimum absolute atomic E-state index is 0.0362. The summed E-state index contributed by atoms with van der Waals surface area (Å²) in [5.41, 5.74) is 2.79. The lowest BCUT2D eigenvalue weighted by molar-refractivity contribution is 0.730. The molecule has 0 bridgehead atoms. The highest BCUT2D eigenvalue weighted by Crippen LogP contribution is 2.35. The average Bonchev–Trinajstić information content (AvgIpc) is 3.02. The van der Waals surface area contributed by atoms with Gasteiger partial charge in [0.2, 0.25) is 0 Å². The highest BCUT2D eigenvalue weighted by Gasteiger charge is 2.26. The van der Waals surface area contributed by atoms with Crippen LogP contribution < -0.4 is 5.56 Å². The van der Waals surface area contributed by atoms with E-state index < -0.39 is 0 Å². The normalized spacial score (nSPS) is 16.0. The lowest BCUT2D eigenvalue weighted by atomic mass is 10.2. The molecule has 0 aliphatic carbocycles. The zero-order valence-corrected chi connectivity index (χ0v) is 15.4. The van der Waals surface area contributed by atoms with E-state index in [0.29, 0.717) is 11.0 Å². The number of nitrogens with zero attached hydrogens (tertiary/aromatic N) is 3. The molecule has 1 atom stereocenters. The Hall–Kier alpha value is -2.05. The third-order valence-corrected chi connectivity index (χ3v) is 6.16. The molecule has 0 N–H and O–H groups in total. The van der Waals surface area contributed by atoms with Crippen LogP contribution in [0, 0.1) is 0 Å². The Bertz CT molecular complexity index is 942. The highest BCUT2D eigenvalue weighted by molar-refractivity contribution is 8.00. The van der Waals surface area contributed by atoms with Gasteiger partial charge in [0.15, 0.2) is 5.16 Å². The summed E-state index contributed by atoms with van der Waals surface area (Å²) in [5, 5.41) is 1.13. The van der Waals surface area contributed by atoms with Crippen LogP contribution >= 0.6 is 23.5 Å². The molecule has 2 aromatic heterocycles. The van der Waals surface area contributed by atoms with Crippen molar-refractivity contribution in [2.75, 3.05) is 0 Å². The fourth-order valence-electron chi connectivity index (χ4n) is 2.82. The number of aromatic nitrogens is 3. The molecule has 25 heavy (non-hydrogen) atoms. The van der Waals surface area contributed by atoms with Crippen LogP contribution in [-0.2, 0) is 12.2 Å². The zero-order chi connectivity index (χ0) is 17.2. The molecule has 0 spiro atoms. The van der Waals surface area contributed by atoms with E-state index in [2.05, 4.69) is 11.9 Å².